The average Bonchev–Trinajstić information content (AvgIpc) is 2.54. The van der Waals surface area contributed by atoms with Gasteiger partial charge in [-0.2, -0.15) is 0 Å². The zero-order chi connectivity index (χ0) is 19.5. The molecule has 6 heteroatoms. The molecular formula is C20H26N2O3S. The van der Waals surface area contributed by atoms with Gasteiger partial charge in [-0.15, -0.1) is 0 Å². The smallest absolute Gasteiger partial charge is 0.248 e. The third-order valence-corrected chi connectivity index (χ3v) is 5.54. The van der Waals surface area contributed by atoms with E-state index in [9.17, 15) is 13.2 Å². The molecule has 1 atom stereocenters. The van der Waals surface area contributed by atoms with Crippen LogP contribution >= 0.6 is 0 Å². The highest BCUT2D eigenvalue weighted by Crippen LogP contribution is 2.24. The molecule has 0 aliphatic heterocycles. The maximum atomic E-state index is 12.9. The molecule has 0 aromatic heterocycles. The van der Waals surface area contributed by atoms with Crippen molar-refractivity contribution in [3.05, 3.63) is 59.2 Å². The van der Waals surface area contributed by atoms with Crippen LogP contribution in [0.3, 0.4) is 0 Å². The number of hydrogen-bond donors (Lipinski definition) is 1. The van der Waals surface area contributed by atoms with Crippen LogP contribution in [0.5, 0.6) is 0 Å². The second kappa shape index (κ2) is 7.91. The predicted molar refractivity (Wildman–Crippen MR) is 107 cm³/mol. The molecule has 2 aromatic rings. The van der Waals surface area contributed by atoms with E-state index in [4.69, 9.17) is 0 Å². The fourth-order valence-electron chi connectivity index (χ4n) is 2.87. The second-order valence-electron chi connectivity index (χ2n) is 6.61. The monoisotopic (exact) mass is 374 g/mol. The number of carbonyl (C=O) groups excluding carboxylic acids is 1. The second-order valence-corrected chi connectivity index (χ2v) is 8.47. The first kappa shape index (κ1) is 20.0. The van der Waals surface area contributed by atoms with Crippen LogP contribution in [0.1, 0.15) is 30.0 Å². The van der Waals surface area contributed by atoms with E-state index in [0.717, 1.165) is 22.9 Å². The molecule has 26 heavy (non-hydrogen) atoms. The molecule has 0 radical (unpaired) electrons. The molecule has 0 aliphatic carbocycles. The van der Waals surface area contributed by atoms with E-state index in [2.05, 4.69) is 5.32 Å². The third-order valence-electron chi connectivity index (χ3n) is 4.36. The zero-order valence-electron chi connectivity index (χ0n) is 15.9. The fourth-order valence-corrected chi connectivity index (χ4v) is 4.07. The first-order valence-corrected chi connectivity index (χ1v) is 10.4. The van der Waals surface area contributed by atoms with Crippen molar-refractivity contribution < 1.29 is 13.2 Å². The molecular weight excluding hydrogens is 348 g/mol. The summed E-state index contributed by atoms with van der Waals surface area (Å²) in [7, 11) is -3.63. The standard InChI is InChI=1S/C20H26N2O3S/c1-6-19(20(23)21-17-11-10-15(3)16(4)13-17)22(26(5,24)25)18-9-7-8-14(2)12-18/h7-13,19H,6H2,1-5H3,(H,21,23)/t19-/m1/s1. The minimum absolute atomic E-state index is 0.345. The van der Waals surface area contributed by atoms with Gasteiger partial charge in [-0.3, -0.25) is 9.10 Å². The lowest BCUT2D eigenvalue weighted by Crippen LogP contribution is -2.47. The number of nitrogens with zero attached hydrogens (tertiary/aromatic N) is 1. The normalized spacial score (nSPS) is 12.5. The average molecular weight is 375 g/mol. The zero-order valence-corrected chi connectivity index (χ0v) is 16.7. The molecule has 0 bridgehead atoms. The van der Waals surface area contributed by atoms with Crippen molar-refractivity contribution in [1.29, 1.82) is 0 Å². The van der Waals surface area contributed by atoms with Crippen molar-refractivity contribution in [3.63, 3.8) is 0 Å². The van der Waals surface area contributed by atoms with E-state index < -0.39 is 16.1 Å². The van der Waals surface area contributed by atoms with Crippen molar-refractivity contribution in [1.82, 2.24) is 0 Å². The molecule has 0 heterocycles. The number of amides is 1. The Kier molecular flexibility index (Phi) is 6.08. The summed E-state index contributed by atoms with van der Waals surface area (Å²) in [5.41, 5.74) is 4.28. The predicted octanol–water partition coefficient (Wildman–Crippen LogP) is 3.80. The maximum absolute atomic E-state index is 12.9. The van der Waals surface area contributed by atoms with Gasteiger partial charge in [0.1, 0.15) is 6.04 Å². The van der Waals surface area contributed by atoms with Gasteiger partial charge in [0.2, 0.25) is 15.9 Å². The minimum atomic E-state index is -3.63. The van der Waals surface area contributed by atoms with Gasteiger partial charge in [-0.1, -0.05) is 25.1 Å². The number of anilines is 2. The lowest BCUT2D eigenvalue weighted by molar-refractivity contribution is -0.117. The molecule has 140 valence electrons. The maximum Gasteiger partial charge on any atom is 0.248 e. The Labute approximate surface area is 156 Å². The van der Waals surface area contributed by atoms with Gasteiger partial charge in [0.05, 0.1) is 11.9 Å². The number of rotatable bonds is 6. The Balaban J connectivity index is 2.38. The van der Waals surface area contributed by atoms with Gasteiger partial charge in [0.15, 0.2) is 0 Å². The highest BCUT2D eigenvalue weighted by atomic mass is 32.2. The molecule has 2 aromatic carbocycles. The summed E-state index contributed by atoms with van der Waals surface area (Å²) in [6.07, 6.45) is 1.49. The Bertz CT molecular complexity index is 907. The Morgan fingerprint density at radius 3 is 2.31 bits per heavy atom. The highest BCUT2D eigenvalue weighted by Gasteiger charge is 2.31. The van der Waals surface area contributed by atoms with Crippen LogP contribution in [-0.4, -0.2) is 26.6 Å². The highest BCUT2D eigenvalue weighted by molar-refractivity contribution is 7.92. The van der Waals surface area contributed by atoms with E-state index in [0.29, 0.717) is 17.8 Å². The molecule has 0 aliphatic rings. The molecule has 2 rings (SSSR count). The van der Waals surface area contributed by atoms with Crippen LogP contribution in [0.2, 0.25) is 0 Å². The fraction of sp³-hybridized carbons (Fsp3) is 0.350. The largest absolute Gasteiger partial charge is 0.324 e. The molecule has 0 spiro atoms. The van der Waals surface area contributed by atoms with Gasteiger partial charge < -0.3 is 5.32 Å². The van der Waals surface area contributed by atoms with Gasteiger partial charge in [0.25, 0.3) is 0 Å². The number of carbonyl (C=O) groups is 1. The number of nitrogens with one attached hydrogen (secondary N) is 1. The molecule has 1 N–H and O–H groups in total. The van der Waals surface area contributed by atoms with Gasteiger partial charge in [0, 0.05) is 5.69 Å². The molecule has 1 amide bonds. The lowest BCUT2D eigenvalue weighted by atomic mass is 10.1. The summed E-state index contributed by atoms with van der Waals surface area (Å²) < 4.78 is 26.1. The summed E-state index contributed by atoms with van der Waals surface area (Å²) in [5.74, 6) is -0.345. The Morgan fingerprint density at radius 2 is 1.77 bits per heavy atom. The van der Waals surface area contributed by atoms with Gasteiger partial charge >= 0.3 is 0 Å². The summed E-state index contributed by atoms with van der Waals surface area (Å²) in [6, 6.07) is 12.0. The topological polar surface area (TPSA) is 66.5 Å². The first-order valence-electron chi connectivity index (χ1n) is 8.57. The molecule has 0 unspecified atom stereocenters. The SMILES string of the molecule is CC[C@H](C(=O)Nc1ccc(C)c(C)c1)N(c1cccc(C)c1)S(C)(=O)=O. The van der Waals surface area contributed by atoms with E-state index >= 15 is 0 Å². The number of hydrogen-bond acceptors (Lipinski definition) is 3. The van der Waals surface area contributed by atoms with Crippen LogP contribution in [0, 0.1) is 20.8 Å². The van der Waals surface area contributed by atoms with Crippen LogP contribution in [-0.2, 0) is 14.8 Å². The van der Waals surface area contributed by atoms with E-state index in [-0.39, 0.29) is 5.91 Å². The van der Waals surface area contributed by atoms with Crippen molar-refractivity contribution in [2.24, 2.45) is 0 Å². The van der Waals surface area contributed by atoms with E-state index in [1.54, 1.807) is 25.1 Å². The molecule has 0 saturated carbocycles. The Hall–Kier alpha value is -2.34. The third kappa shape index (κ3) is 4.64. The number of sulfonamides is 1. The van der Waals surface area contributed by atoms with Crippen molar-refractivity contribution in [3.8, 4) is 0 Å². The number of aryl methyl sites for hydroxylation is 3. The van der Waals surface area contributed by atoms with Crippen LogP contribution in [0.25, 0.3) is 0 Å². The number of benzene rings is 2. The lowest BCUT2D eigenvalue weighted by Gasteiger charge is -2.30. The van der Waals surface area contributed by atoms with E-state index in [1.807, 2.05) is 45.0 Å². The van der Waals surface area contributed by atoms with E-state index in [1.165, 1.54) is 4.31 Å². The Morgan fingerprint density at radius 1 is 1.08 bits per heavy atom. The van der Waals surface area contributed by atoms with Crippen LogP contribution in [0.15, 0.2) is 42.5 Å². The molecule has 0 saturated heterocycles. The quantitative estimate of drug-likeness (QED) is 0.836. The first-order chi connectivity index (χ1) is 12.1. The van der Waals surface area contributed by atoms with Crippen LogP contribution in [0.4, 0.5) is 11.4 Å². The van der Waals surface area contributed by atoms with Crippen LogP contribution < -0.4 is 9.62 Å². The van der Waals surface area contributed by atoms with Gasteiger partial charge in [-0.05, 0) is 68.1 Å². The molecule has 5 nitrogen and oxygen atoms in total. The summed E-state index contributed by atoms with van der Waals surface area (Å²) in [6.45, 7) is 7.66. The van der Waals surface area contributed by atoms with Crippen molar-refractivity contribution in [2.45, 2.75) is 40.2 Å². The summed E-state index contributed by atoms with van der Waals surface area (Å²) in [4.78, 5) is 12.9. The van der Waals surface area contributed by atoms with Crippen molar-refractivity contribution >= 4 is 27.3 Å². The minimum Gasteiger partial charge on any atom is -0.324 e. The molecule has 0 fully saturated rings. The van der Waals surface area contributed by atoms with Crippen molar-refractivity contribution in [2.75, 3.05) is 15.9 Å². The summed E-state index contributed by atoms with van der Waals surface area (Å²) >= 11 is 0. The van der Waals surface area contributed by atoms with Gasteiger partial charge in [-0.25, -0.2) is 8.42 Å². The summed E-state index contributed by atoms with van der Waals surface area (Å²) in [5, 5.41) is 2.85.